The molecule has 1 atom stereocenters. The van der Waals surface area contributed by atoms with E-state index in [4.69, 9.17) is 9.15 Å². The van der Waals surface area contributed by atoms with Crippen molar-refractivity contribution in [3.05, 3.63) is 99.9 Å². The van der Waals surface area contributed by atoms with Gasteiger partial charge in [-0.15, -0.1) is 0 Å². The van der Waals surface area contributed by atoms with Gasteiger partial charge in [0.25, 0.3) is 5.91 Å². The topological polar surface area (TPSA) is 68.5 Å². The lowest BCUT2D eigenvalue weighted by atomic mass is 9.88. The Balaban J connectivity index is 1.31. The van der Waals surface area contributed by atoms with Crippen LogP contribution >= 0.6 is 0 Å². The highest BCUT2D eigenvalue weighted by Crippen LogP contribution is 2.29. The van der Waals surface area contributed by atoms with Crippen LogP contribution < -0.4 is 15.5 Å². The van der Waals surface area contributed by atoms with E-state index in [1.807, 2.05) is 42.5 Å². The van der Waals surface area contributed by atoms with Gasteiger partial charge in [0.1, 0.15) is 17.1 Å². The highest BCUT2D eigenvalue weighted by molar-refractivity contribution is 5.84. The van der Waals surface area contributed by atoms with Crippen molar-refractivity contribution in [2.45, 2.75) is 32.2 Å². The van der Waals surface area contributed by atoms with Crippen LogP contribution in [0.3, 0.4) is 0 Å². The summed E-state index contributed by atoms with van der Waals surface area (Å²) >= 11 is 0. The second-order valence-electron chi connectivity index (χ2n) is 8.39. The first-order valence-electron chi connectivity index (χ1n) is 11.2. The second kappa shape index (κ2) is 8.94. The highest BCUT2D eigenvalue weighted by atomic mass is 16.5. The van der Waals surface area contributed by atoms with Crippen molar-refractivity contribution in [2.75, 3.05) is 6.61 Å². The number of carbonyl (C=O) groups excluding carboxylic acids is 1. The van der Waals surface area contributed by atoms with Gasteiger partial charge < -0.3 is 14.5 Å². The zero-order valence-electron chi connectivity index (χ0n) is 18.5. The fourth-order valence-electron chi connectivity index (χ4n) is 4.60. The molecule has 1 heterocycles. The summed E-state index contributed by atoms with van der Waals surface area (Å²) in [5.41, 5.74) is 4.23. The van der Waals surface area contributed by atoms with E-state index >= 15 is 0 Å². The average Bonchev–Trinajstić information content (AvgIpc) is 2.83. The third-order valence-electron chi connectivity index (χ3n) is 6.18. The Kier molecular flexibility index (Phi) is 5.69. The molecule has 5 nitrogen and oxygen atoms in total. The Morgan fingerprint density at radius 1 is 1.06 bits per heavy atom. The van der Waals surface area contributed by atoms with Crippen LogP contribution in [0.15, 0.2) is 82.0 Å². The summed E-state index contributed by atoms with van der Waals surface area (Å²) in [6.45, 7) is 1.68. The molecule has 33 heavy (non-hydrogen) atoms. The number of fused-ring (bicyclic) bond motifs is 2. The van der Waals surface area contributed by atoms with Crippen molar-refractivity contribution in [3.8, 4) is 16.9 Å². The minimum Gasteiger partial charge on any atom is -0.484 e. The van der Waals surface area contributed by atoms with Gasteiger partial charge in [-0.1, -0.05) is 54.6 Å². The molecular weight excluding hydrogens is 414 g/mol. The maximum absolute atomic E-state index is 13.1. The number of amides is 1. The van der Waals surface area contributed by atoms with E-state index in [0.29, 0.717) is 28.0 Å². The molecule has 0 spiro atoms. The van der Waals surface area contributed by atoms with Crippen LogP contribution in [0.25, 0.3) is 22.1 Å². The van der Waals surface area contributed by atoms with Crippen LogP contribution in [-0.4, -0.2) is 12.5 Å². The van der Waals surface area contributed by atoms with E-state index in [1.54, 1.807) is 25.1 Å². The Labute approximate surface area is 192 Å². The SMILES string of the molecule is Cc1oc2cc(OCC(=O)NC3CCCc4ccccc43)ccc2c(=O)c1-c1ccccc1. The smallest absolute Gasteiger partial charge is 0.258 e. The molecule has 166 valence electrons. The lowest BCUT2D eigenvalue weighted by Crippen LogP contribution is -2.34. The maximum atomic E-state index is 13.1. The molecule has 0 radical (unpaired) electrons. The van der Waals surface area contributed by atoms with Gasteiger partial charge >= 0.3 is 0 Å². The monoisotopic (exact) mass is 439 g/mol. The predicted octanol–water partition coefficient (Wildman–Crippen LogP) is 5.34. The van der Waals surface area contributed by atoms with Crippen molar-refractivity contribution in [1.82, 2.24) is 5.32 Å². The predicted molar refractivity (Wildman–Crippen MR) is 128 cm³/mol. The van der Waals surface area contributed by atoms with E-state index in [1.165, 1.54) is 11.1 Å². The van der Waals surface area contributed by atoms with Crippen LogP contribution in [0, 0.1) is 6.92 Å². The largest absolute Gasteiger partial charge is 0.484 e. The standard InChI is InChI=1S/C28H25NO4/c1-18-27(20-9-3-2-4-10-20)28(31)23-15-14-21(16-25(23)33-18)32-17-26(30)29-24-13-7-11-19-8-5-6-12-22(19)24/h2-6,8-10,12,14-16,24H,7,11,13,17H2,1H3,(H,29,30). The minimum atomic E-state index is -0.172. The van der Waals surface area contributed by atoms with Crippen molar-refractivity contribution < 1.29 is 13.9 Å². The molecule has 5 rings (SSSR count). The van der Waals surface area contributed by atoms with Crippen molar-refractivity contribution in [2.24, 2.45) is 0 Å². The van der Waals surface area contributed by atoms with E-state index in [9.17, 15) is 9.59 Å². The van der Waals surface area contributed by atoms with Crippen LogP contribution in [0.1, 0.15) is 35.8 Å². The van der Waals surface area contributed by atoms with Gasteiger partial charge in [-0.05, 0) is 55.0 Å². The molecule has 1 aliphatic carbocycles. The Morgan fingerprint density at radius 3 is 2.70 bits per heavy atom. The zero-order valence-corrected chi connectivity index (χ0v) is 18.5. The van der Waals surface area contributed by atoms with Gasteiger partial charge in [-0.25, -0.2) is 0 Å². The number of rotatable bonds is 5. The number of ether oxygens (including phenoxy) is 1. The first kappa shape index (κ1) is 21.0. The van der Waals surface area contributed by atoms with Gasteiger partial charge in [0.15, 0.2) is 6.61 Å². The summed E-state index contributed by atoms with van der Waals surface area (Å²) in [7, 11) is 0. The molecule has 0 saturated carbocycles. The Hall–Kier alpha value is -3.86. The van der Waals surface area contributed by atoms with Gasteiger partial charge in [0, 0.05) is 6.07 Å². The summed E-state index contributed by atoms with van der Waals surface area (Å²) < 4.78 is 11.7. The van der Waals surface area contributed by atoms with Gasteiger partial charge in [0.05, 0.1) is 17.0 Å². The molecule has 1 unspecified atom stereocenters. The number of hydrogen-bond acceptors (Lipinski definition) is 4. The number of benzene rings is 3. The molecule has 0 saturated heterocycles. The lowest BCUT2D eigenvalue weighted by molar-refractivity contribution is -0.123. The number of aryl methyl sites for hydroxylation is 2. The average molecular weight is 440 g/mol. The van der Waals surface area contributed by atoms with E-state index < -0.39 is 0 Å². The lowest BCUT2D eigenvalue weighted by Gasteiger charge is -2.26. The van der Waals surface area contributed by atoms with Gasteiger partial charge in [0.2, 0.25) is 5.43 Å². The molecule has 0 fully saturated rings. The fourth-order valence-corrected chi connectivity index (χ4v) is 4.60. The van der Waals surface area contributed by atoms with Crippen LogP contribution in [-0.2, 0) is 11.2 Å². The number of carbonyl (C=O) groups is 1. The molecule has 3 aromatic carbocycles. The van der Waals surface area contributed by atoms with E-state index in [2.05, 4.69) is 17.4 Å². The van der Waals surface area contributed by atoms with Gasteiger partial charge in [-0.3, -0.25) is 9.59 Å². The van der Waals surface area contributed by atoms with E-state index in [-0.39, 0.29) is 24.0 Å². The minimum absolute atomic E-state index is 0.0136. The second-order valence-corrected chi connectivity index (χ2v) is 8.39. The molecule has 0 bridgehead atoms. The third-order valence-corrected chi connectivity index (χ3v) is 6.18. The molecule has 0 aliphatic heterocycles. The molecule has 5 heteroatoms. The third kappa shape index (κ3) is 4.27. The molecule has 1 amide bonds. The first-order chi connectivity index (χ1) is 16.1. The summed E-state index contributed by atoms with van der Waals surface area (Å²) in [6, 6.07) is 22.8. The maximum Gasteiger partial charge on any atom is 0.258 e. The quantitative estimate of drug-likeness (QED) is 0.456. The molecule has 1 aliphatic rings. The summed E-state index contributed by atoms with van der Waals surface area (Å²) in [4.78, 5) is 25.6. The first-order valence-corrected chi connectivity index (χ1v) is 11.2. The molecule has 1 aromatic heterocycles. The number of nitrogens with one attached hydrogen (secondary N) is 1. The Morgan fingerprint density at radius 2 is 1.85 bits per heavy atom. The summed E-state index contributed by atoms with van der Waals surface area (Å²) in [5.74, 6) is 0.857. The van der Waals surface area contributed by atoms with Crippen molar-refractivity contribution >= 4 is 16.9 Å². The van der Waals surface area contributed by atoms with Crippen molar-refractivity contribution in [3.63, 3.8) is 0 Å². The molecule has 4 aromatic rings. The Bertz CT molecular complexity index is 1370. The van der Waals surface area contributed by atoms with Crippen LogP contribution in [0.5, 0.6) is 5.75 Å². The number of hydrogen-bond donors (Lipinski definition) is 1. The van der Waals surface area contributed by atoms with Crippen molar-refractivity contribution in [1.29, 1.82) is 0 Å². The summed E-state index contributed by atoms with van der Waals surface area (Å²) in [6.07, 6.45) is 3.02. The fraction of sp³-hybridized carbons (Fsp3) is 0.214. The molecular formula is C28H25NO4. The summed E-state index contributed by atoms with van der Waals surface area (Å²) in [5, 5.41) is 3.57. The molecule has 1 N–H and O–H groups in total. The van der Waals surface area contributed by atoms with E-state index in [0.717, 1.165) is 24.8 Å². The van der Waals surface area contributed by atoms with Crippen LogP contribution in [0.2, 0.25) is 0 Å². The normalized spacial score (nSPS) is 15.1. The highest BCUT2D eigenvalue weighted by Gasteiger charge is 2.21. The van der Waals surface area contributed by atoms with Crippen LogP contribution in [0.4, 0.5) is 0 Å². The van der Waals surface area contributed by atoms with Gasteiger partial charge in [-0.2, -0.15) is 0 Å². The zero-order chi connectivity index (χ0) is 22.8.